The molecule has 28 heavy (non-hydrogen) atoms. The third-order valence-corrected chi connectivity index (χ3v) is 4.11. The Hall–Kier alpha value is -2.91. The van der Waals surface area contributed by atoms with Crippen LogP contribution in [0.1, 0.15) is 31.9 Å². The molecule has 0 spiro atoms. The molecule has 1 N–H and O–H groups in total. The molecule has 2 aromatic carbocycles. The third kappa shape index (κ3) is 5.30. The van der Waals surface area contributed by atoms with Gasteiger partial charge in [-0.2, -0.15) is 5.26 Å². The monoisotopic (exact) mass is 402 g/mol. The third-order valence-electron chi connectivity index (χ3n) is 3.87. The molecule has 0 aliphatic carbocycles. The summed E-state index contributed by atoms with van der Waals surface area (Å²) in [6.07, 6.45) is -0.784. The van der Waals surface area contributed by atoms with Gasteiger partial charge in [-0.15, -0.1) is 0 Å². The number of nitriles is 1. The van der Waals surface area contributed by atoms with Crippen molar-refractivity contribution in [2.45, 2.75) is 33.8 Å². The van der Waals surface area contributed by atoms with E-state index in [2.05, 4.69) is 11.4 Å². The quantitative estimate of drug-likeness (QED) is 0.690. The summed E-state index contributed by atoms with van der Waals surface area (Å²) in [6, 6.07) is 10.4. The van der Waals surface area contributed by atoms with Crippen molar-refractivity contribution in [2.75, 3.05) is 18.5 Å². The number of hydrogen-bond acceptors (Lipinski definition) is 5. The molecule has 0 saturated carbocycles. The molecule has 1 unspecified atom stereocenters. The summed E-state index contributed by atoms with van der Waals surface area (Å²) in [5, 5.41) is 12.8. The average Bonchev–Trinajstić information content (AvgIpc) is 2.66. The number of rotatable bonds is 8. The van der Waals surface area contributed by atoms with E-state index >= 15 is 0 Å². The van der Waals surface area contributed by atoms with E-state index in [0.29, 0.717) is 41.2 Å². The summed E-state index contributed by atoms with van der Waals surface area (Å²) in [5.41, 5.74) is 1.43. The number of benzene rings is 2. The molecular weight excluding hydrogens is 380 g/mol. The molecule has 0 saturated heterocycles. The van der Waals surface area contributed by atoms with Crippen LogP contribution in [-0.2, 0) is 4.79 Å². The Labute approximate surface area is 170 Å². The predicted octanol–water partition coefficient (Wildman–Crippen LogP) is 4.72. The van der Waals surface area contributed by atoms with Gasteiger partial charge >= 0.3 is 0 Å². The molecule has 0 radical (unpaired) electrons. The second-order valence-corrected chi connectivity index (χ2v) is 6.42. The van der Waals surface area contributed by atoms with E-state index < -0.39 is 12.0 Å². The van der Waals surface area contributed by atoms with Crippen LogP contribution in [0.15, 0.2) is 30.3 Å². The van der Waals surface area contributed by atoms with Gasteiger partial charge in [0.15, 0.2) is 17.6 Å². The second kappa shape index (κ2) is 9.86. The van der Waals surface area contributed by atoms with Gasteiger partial charge in [0.25, 0.3) is 5.91 Å². The zero-order valence-electron chi connectivity index (χ0n) is 16.3. The first-order valence-electron chi connectivity index (χ1n) is 8.97. The summed E-state index contributed by atoms with van der Waals surface area (Å²) in [6.45, 7) is 8.02. The SMILES string of the molecule is CCOc1cc(C#N)c(NC(=O)C(C)Oc2ccc(Cl)cc2C)cc1OCC. The number of anilines is 1. The fourth-order valence-electron chi connectivity index (χ4n) is 2.52. The van der Waals surface area contributed by atoms with E-state index in [1.54, 1.807) is 37.3 Å². The highest BCUT2D eigenvalue weighted by Gasteiger charge is 2.19. The van der Waals surface area contributed by atoms with Crippen LogP contribution in [-0.4, -0.2) is 25.2 Å². The first kappa shape index (κ1) is 21.4. The van der Waals surface area contributed by atoms with E-state index in [1.165, 1.54) is 0 Å². The highest BCUT2D eigenvalue weighted by atomic mass is 35.5. The summed E-state index contributed by atoms with van der Waals surface area (Å²) in [5.74, 6) is 1.09. The van der Waals surface area contributed by atoms with Crippen molar-refractivity contribution < 1.29 is 19.0 Å². The normalized spacial score (nSPS) is 11.3. The van der Waals surface area contributed by atoms with Gasteiger partial charge in [0, 0.05) is 17.2 Å². The van der Waals surface area contributed by atoms with Crippen LogP contribution in [0.2, 0.25) is 5.02 Å². The molecule has 7 heteroatoms. The fraction of sp³-hybridized carbons (Fsp3) is 0.333. The molecule has 148 valence electrons. The van der Waals surface area contributed by atoms with Crippen LogP contribution < -0.4 is 19.5 Å². The molecule has 0 fully saturated rings. The van der Waals surface area contributed by atoms with Gasteiger partial charge in [-0.05, 0) is 51.5 Å². The maximum absolute atomic E-state index is 12.6. The molecule has 2 rings (SSSR count). The van der Waals surface area contributed by atoms with Crippen LogP contribution in [0.5, 0.6) is 17.2 Å². The first-order chi connectivity index (χ1) is 13.4. The average molecular weight is 403 g/mol. The smallest absolute Gasteiger partial charge is 0.265 e. The zero-order valence-corrected chi connectivity index (χ0v) is 17.1. The van der Waals surface area contributed by atoms with Gasteiger partial charge in [-0.25, -0.2) is 0 Å². The van der Waals surface area contributed by atoms with Crippen LogP contribution in [0.4, 0.5) is 5.69 Å². The van der Waals surface area contributed by atoms with Gasteiger partial charge in [0.05, 0.1) is 24.5 Å². The number of halogens is 1. The van der Waals surface area contributed by atoms with Crippen LogP contribution >= 0.6 is 11.6 Å². The van der Waals surface area contributed by atoms with E-state index in [4.69, 9.17) is 25.8 Å². The molecule has 1 atom stereocenters. The Bertz CT molecular complexity index is 893. The number of nitrogens with one attached hydrogen (secondary N) is 1. The topological polar surface area (TPSA) is 80.6 Å². The van der Waals surface area contributed by atoms with Gasteiger partial charge in [-0.1, -0.05) is 11.6 Å². The number of carbonyl (C=O) groups excluding carboxylic acids is 1. The van der Waals surface area contributed by atoms with Gasteiger partial charge in [0.2, 0.25) is 0 Å². The Kier molecular flexibility index (Phi) is 7.53. The largest absolute Gasteiger partial charge is 0.490 e. The second-order valence-electron chi connectivity index (χ2n) is 5.98. The van der Waals surface area contributed by atoms with E-state index in [-0.39, 0.29) is 5.56 Å². The van der Waals surface area contributed by atoms with Crippen LogP contribution in [0.3, 0.4) is 0 Å². The lowest BCUT2D eigenvalue weighted by molar-refractivity contribution is -0.122. The van der Waals surface area contributed by atoms with Crippen LogP contribution in [0, 0.1) is 18.3 Å². The minimum absolute atomic E-state index is 0.273. The lowest BCUT2D eigenvalue weighted by Gasteiger charge is -2.18. The summed E-state index contributed by atoms with van der Waals surface area (Å²) >= 11 is 5.94. The van der Waals surface area contributed by atoms with Crippen LogP contribution in [0.25, 0.3) is 0 Å². The number of ether oxygens (including phenoxy) is 3. The van der Waals surface area contributed by atoms with Crippen molar-refractivity contribution in [2.24, 2.45) is 0 Å². The summed E-state index contributed by atoms with van der Waals surface area (Å²) in [4.78, 5) is 12.6. The Morgan fingerprint density at radius 1 is 1.14 bits per heavy atom. The maximum Gasteiger partial charge on any atom is 0.265 e. The van der Waals surface area contributed by atoms with Crippen molar-refractivity contribution in [1.29, 1.82) is 5.26 Å². The lowest BCUT2D eigenvalue weighted by Crippen LogP contribution is -2.30. The molecule has 0 aliphatic heterocycles. The molecule has 0 heterocycles. The van der Waals surface area contributed by atoms with Crippen molar-refractivity contribution in [3.63, 3.8) is 0 Å². The number of aryl methyl sites for hydroxylation is 1. The Morgan fingerprint density at radius 3 is 2.36 bits per heavy atom. The molecule has 0 aliphatic rings. The maximum atomic E-state index is 12.6. The van der Waals surface area contributed by atoms with Crippen molar-refractivity contribution in [3.8, 4) is 23.3 Å². The molecule has 0 bridgehead atoms. The summed E-state index contributed by atoms with van der Waals surface area (Å²) in [7, 11) is 0. The Morgan fingerprint density at radius 2 is 1.79 bits per heavy atom. The number of amides is 1. The zero-order chi connectivity index (χ0) is 20.7. The fourth-order valence-corrected chi connectivity index (χ4v) is 2.74. The first-order valence-corrected chi connectivity index (χ1v) is 9.34. The minimum atomic E-state index is -0.784. The number of nitrogens with zero attached hydrogens (tertiary/aromatic N) is 1. The Balaban J connectivity index is 2.21. The van der Waals surface area contributed by atoms with Gasteiger partial charge in [0.1, 0.15) is 11.8 Å². The molecular formula is C21H23ClN2O4. The van der Waals surface area contributed by atoms with E-state index in [0.717, 1.165) is 5.56 Å². The highest BCUT2D eigenvalue weighted by Crippen LogP contribution is 2.34. The van der Waals surface area contributed by atoms with E-state index in [1.807, 2.05) is 20.8 Å². The standard InChI is InChI=1S/C21H23ClN2O4/c1-5-26-19-10-15(12-23)17(11-20(19)27-6-2)24-21(25)14(4)28-18-8-7-16(22)9-13(18)3/h7-11,14H,5-6H2,1-4H3,(H,24,25). The minimum Gasteiger partial charge on any atom is -0.490 e. The molecule has 1 amide bonds. The summed E-state index contributed by atoms with van der Waals surface area (Å²) < 4.78 is 16.8. The van der Waals surface area contributed by atoms with Gasteiger partial charge in [-0.3, -0.25) is 4.79 Å². The number of hydrogen-bond donors (Lipinski definition) is 1. The van der Waals surface area contributed by atoms with Crippen molar-refractivity contribution in [1.82, 2.24) is 0 Å². The van der Waals surface area contributed by atoms with E-state index in [9.17, 15) is 10.1 Å². The molecule has 6 nitrogen and oxygen atoms in total. The molecule has 2 aromatic rings. The lowest BCUT2D eigenvalue weighted by atomic mass is 10.1. The van der Waals surface area contributed by atoms with Crippen molar-refractivity contribution >= 4 is 23.2 Å². The predicted molar refractivity (Wildman–Crippen MR) is 108 cm³/mol. The van der Waals surface area contributed by atoms with Crippen molar-refractivity contribution in [3.05, 3.63) is 46.5 Å². The molecule has 0 aromatic heterocycles. The number of carbonyl (C=O) groups is 1. The van der Waals surface area contributed by atoms with Gasteiger partial charge < -0.3 is 19.5 Å². The highest BCUT2D eigenvalue weighted by molar-refractivity contribution is 6.30.